The van der Waals surface area contributed by atoms with Crippen LogP contribution in [0.4, 0.5) is 14.5 Å². The number of hydrogen-bond acceptors (Lipinski definition) is 5. The maximum absolute atomic E-state index is 15.5. The molecule has 3 heterocycles. The van der Waals surface area contributed by atoms with Gasteiger partial charge in [0.2, 0.25) is 5.91 Å². The van der Waals surface area contributed by atoms with Crippen LogP contribution >= 0.6 is 11.3 Å². The SMILES string of the molecule is Cc1nc(-c2ccccc2)sc1C(=O)N1CCC(F)(F)/C(=C\C(=O)NCC2CCNCC2)c2ccccc21. The van der Waals surface area contributed by atoms with Crippen LogP contribution in [0.25, 0.3) is 16.1 Å². The molecule has 0 saturated carbocycles. The van der Waals surface area contributed by atoms with Crippen LogP contribution in [0, 0.1) is 12.8 Å². The van der Waals surface area contributed by atoms with Crippen molar-refractivity contribution in [2.45, 2.75) is 32.1 Å². The molecule has 2 amide bonds. The highest BCUT2D eigenvalue weighted by atomic mass is 32.1. The van der Waals surface area contributed by atoms with E-state index in [9.17, 15) is 9.59 Å². The Kier molecular flexibility index (Phi) is 7.67. The molecule has 0 atom stereocenters. The number of amides is 2. The summed E-state index contributed by atoms with van der Waals surface area (Å²) in [5.74, 6) is -3.87. The molecule has 3 aromatic rings. The second kappa shape index (κ2) is 11.1. The number of allylic oxidation sites excluding steroid dienone is 1. The topological polar surface area (TPSA) is 74.3 Å². The molecule has 38 heavy (non-hydrogen) atoms. The van der Waals surface area contributed by atoms with Crippen LogP contribution in [0.1, 0.15) is 40.2 Å². The van der Waals surface area contributed by atoms with Gasteiger partial charge in [0.1, 0.15) is 9.88 Å². The van der Waals surface area contributed by atoms with Gasteiger partial charge in [0, 0.05) is 42.3 Å². The number of anilines is 1. The molecule has 9 heteroatoms. The Hall–Kier alpha value is -3.43. The molecule has 0 aliphatic carbocycles. The van der Waals surface area contributed by atoms with E-state index in [0.717, 1.165) is 37.6 Å². The second-order valence-corrected chi connectivity index (χ2v) is 10.7. The fourth-order valence-corrected chi connectivity index (χ4v) is 5.99. The number of alkyl halides is 2. The minimum Gasteiger partial charge on any atom is -0.352 e. The molecule has 198 valence electrons. The van der Waals surface area contributed by atoms with Crippen molar-refractivity contribution >= 4 is 34.4 Å². The van der Waals surface area contributed by atoms with E-state index in [1.54, 1.807) is 31.2 Å². The molecule has 2 aromatic carbocycles. The third-order valence-electron chi connectivity index (χ3n) is 7.08. The van der Waals surface area contributed by atoms with Crippen molar-refractivity contribution in [3.8, 4) is 10.6 Å². The summed E-state index contributed by atoms with van der Waals surface area (Å²) >= 11 is 1.25. The molecule has 0 radical (unpaired) electrons. The number of nitrogens with zero attached hydrogens (tertiary/aromatic N) is 2. The van der Waals surface area contributed by atoms with Gasteiger partial charge < -0.3 is 15.5 Å². The molecule has 0 bridgehead atoms. The first-order valence-electron chi connectivity index (χ1n) is 12.9. The number of piperidine rings is 1. The van der Waals surface area contributed by atoms with E-state index in [4.69, 9.17) is 0 Å². The Balaban J connectivity index is 1.44. The Bertz CT molecular complexity index is 1350. The molecule has 1 saturated heterocycles. The summed E-state index contributed by atoms with van der Waals surface area (Å²) in [6.07, 6.45) is 2.30. The van der Waals surface area contributed by atoms with Crippen LogP contribution in [-0.4, -0.2) is 48.9 Å². The maximum atomic E-state index is 15.5. The average Bonchev–Trinajstić information content (AvgIpc) is 3.28. The second-order valence-electron chi connectivity index (χ2n) is 9.72. The zero-order chi connectivity index (χ0) is 26.7. The molecule has 2 aliphatic rings. The molecule has 0 spiro atoms. The highest BCUT2D eigenvalue weighted by Gasteiger charge is 2.41. The van der Waals surface area contributed by atoms with Gasteiger partial charge in [-0.2, -0.15) is 0 Å². The number of rotatable bonds is 5. The normalized spacial score (nSPS) is 18.6. The van der Waals surface area contributed by atoms with Crippen molar-refractivity contribution < 1.29 is 18.4 Å². The minimum absolute atomic E-state index is 0.186. The summed E-state index contributed by atoms with van der Waals surface area (Å²) in [5.41, 5.74) is 1.63. The van der Waals surface area contributed by atoms with Gasteiger partial charge in [-0.15, -0.1) is 11.3 Å². The van der Waals surface area contributed by atoms with E-state index >= 15 is 8.78 Å². The lowest BCUT2D eigenvalue weighted by molar-refractivity contribution is -0.116. The zero-order valence-electron chi connectivity index (χ0n) is 21.2. The monoisotopic (exact) mass is 536 g/mol. The van der Waals surface area contributed by atoms with E-state index < -0.39 is 18.3 Å². The summed E-state index contributed by atoms with van der Waals surface area (Å²) in [7, 11) is 0. The summed E-state index contributed by atoms with van der Waals surface area (Å²) in [6.45, 7) is 3.81. The number of aryl methyl sites for hydroxylation is 1. The van der Waals surface area contributed by atoms with Crippen LogP contribution in [0.15, 0.2) is 60.7 Å². The molecule has 5 rings (SSSR count). The van der Waals surface area contributed by atoms with Gasteiger partial charge in [-0.3, -0.25) is 9.59 Å². The van der Waals surface area contributed by atoms with Crippen molar-refractivity contribution in [3.05, 3.63) is 76.8 Å². The Morgan fingerprint density at radius 2 is 1.84 bits per heavy atom. The van der Waals surface area contributed by atoms with Gasteiger partial charge in [0.05, 0.1) is 11.4 Å². The molecule has 1 aromatic heterocycles. The van der Waals surface area contributed by atoms with Crippen molar-refractivity contribution in [3.63, 3.8) is 0 Å². The Morgan fingerprint density at radius 1 is 1.13 bits per heavy atom. The Morgan fingerprint density at radius 3 is 2.61 bits per heavy atom. The highest BCUT2D eigenvalue weighted by molar-refractivity contribution is 7.17. The standard InChI is InChI=1S/C29H30F2N4O2S/c1-19-26(38-27(34-19)21-7-3-2-4-8-21)28(37)35-16-13-29(30,31)23(22-9-5-6-10-24(22)35)17-25(36)33-18-20-11-14-32-15-12-20/h2-10,17,20,32H,11-16,18H2,1H3,(H,33,36)/b23-17-. The van der Waals surface area contributed by atoms with Gasteiger partial charge in [0.15, 0.2) is 0 Å². The van der Waals surface area contributed by atoms with Crippen LogP contribution in [0.2, 0.25) is 0 Å². The first kappa shape index (κ1) is 26.2. The number of para-hydroxylation sites is 1. The summed E-state index contributed by atoms with van der Waals surface area (Å²) in [6, 6.07) is 16.1. The molecular formula is C29H30F2N4O2S. The van der Waals surface area contributed by atoms with Gasteiger partial charge >= 0.3 is 0 Å². The van der Waals surface area contributed by atoms with E-state index in [-0.39, 0.29) is 23.6 Å². The lowest BCUT2D eigenvalue weighted by atomic mass is 9.96. The molecule has 1 fully saturated rings. The quantitative estimate of drug-likeness (QED) is 0.434. The van der Waals surface area contributed by atoms with Crippen LogP contribution in [0.5, 0.6) is 0 Å². The predicted molar refractivity (Wildman–Crippen MR) is 147 cm³/mol. The number of hydrogen-bond donors (Lipinski definition) is 2. The third kappa shape index (κ3) is 5.54. The number of carbonyl (C=O) groups excluding carboxylic acids is 2. The third-order valence-corrected chi connectivity index (χ3v) is 8.28. The van der Waals surface area contributed by atoms with Crippen molar-refractivity contribution in [2.24, 2.45) is 5.92 Å². The first-order chi connectivity index (χ1) is 18.3. The Labute approximate surface area is 224 Å². The predicted octanol–water partition coefficient (Wildman–Crippen LogP) is 5.30. The van der Waals surface area contributed by atoms with Gasteiger partial charge in [-0.25, -0.2) is 13.8 Å². The first-order valence-corrected chi connectivity index (χ1v) is 13.7. The van der Waals surface area contributed by atoms with Gasteiger partial charge in [-0.1, -0.05) is 48.5 Å². The minimum atomic E-state index is -3.28. The van der Waals surface area contributed by atoms with Crippen molar-refractivity contribution in [1.29, 1.82) is 0 Å². The summed E-state index contributed by atoms with van der Waals surface area (Å²) in [5, 5.41) is 6.79. The highest BCUT2D eigenvalue weighted by Crippen LogP contribution is 2.43. The molecule has 6 nitrogen and oxygen atoms in total. The van der Waals surface area contributed by atoms with Crippen LogP contribution in [-0.2, 0) is 4.79 Å². The van der Waals surface area contributed by atoms with Gasteiger partial charge in [-0.05, 0) is 44.8 Å². The summed E-state index contributed by atoms with van der Waals surface area (Å²) < 4.78 is 31.0. The maximum Gasteiger partial charge on any atom is 0.275 e. The molecule has 2 aliphatic heterocycles. The summed E-state index contributed by atoms with van der Waals surface area (Å²) in [4.78, 5) is 32.9. The molecule has 2 N–H and O–H groups in total. The van der Waals surface area contributed by atoms with Crippen LogP contribution in [0.3, 0.4) is 0 Å². The number of fused-ring (bicyclic) bond motifs is 1. The largest absolute Gasteiger partial charge is 0.352 e. The number of aromatic nitrogens is 1. The number of benzene rings is 2. The average molecular weight is 537 g/mol. The molecule has 0 unspecified atom stereocenters. The number of thiazole rings is 1. The number of nitrogens with one attached hydrogen (secondary N) is 2. The molecular weight excluding hydrogens is 506 g/mol. The zero-order valence-corrected chi connectivity index (χ0v) is 22.0. The lowest BCUT2D eigenvalue weighted by Gasteiger charge is -2.23. The lowest BCUT2D eigenvalue weighted by Crippen LogP contribution is -2.35. The van der Waals surface area contributed by atoms with E-state index in [1.807, 2.05) is 30.3 Å². The van der Waals surface area contributed by atoms with E-state index in [0.29, 0.717) is 33.7 Å². The fraction of sp³-hybridized carbons (Fsp3) is 0.345. The van der Waals surface area contributed by atoms with E-state index in [1.165, 1.54) is 16.2 Å². The fourth-order valence-electron chi connectivity index (χ4n) is 4.97. The number of carbonyl (C=O) groups is 2. The smallest absolute Gasteiger partial charge is 0.275 e. The van der Waals surface area contributed by atoms with Crippen molar-refractivity contribution in [2.75, 3.05) is 31.1 Å². The van der Waals surface area contributed by atoms with E-state index in [2.05, 4.69) is 15.6 Å². The van der Waals surface area contributed by atoms with Crippen molar-refractivity contribution in [1.82, 2.24) is 15.6 Å². The number of halogens is 2. The van der Waals surface area contributed by atoms with Crippen LogP contribution < -0.4 is 15.5 Å². The van der Waals surface area contributed by atoms with Gasteiger partial charge in [0.25, 0.3) is 11.8 Å².